The van der Waals surface area contributed by atoms with Crippen molar-refractivity contribution < 1.29 is 10.2 Å². The average Bonchev–Trinajstić information content (AvgIpc) is 2.90. The number of hydrogen-bond donors (Lipinski definition) is 2. The Morgan fingerprint density at radius 2 is 1.83 bits per heavy atom. The highest BCUT2D eigenvalue weighted by Gasteiger charge is 2.58. The summed E-state index contributed by atoms with van der Waals surface area (Å²) in [4.78, 5) is 0. The lowest BCUT2D eigenvalue weighted by molar-refractivity contribution is -0.0871. The van der Waals surface area contributed by atoms with Crippen molar-refractivity contribution in [2.45, 2.75) is 90.8 Å². The van der Waals surface area contributed by atoms with Crippen LogP contribution in [0, 0.1) is 34.5 Å². The molecule has 0 aliphatic heterocycles. The highest BCUT2D eigenvalue weighted by atomic mass is 16.3. The van der Waals surface area contributed by atoms with E-state index in [4.69, 9.17) is 0 Å². The van der Waals surface area contributed by atoms with Crippen LogP contribution in [0.25, 0.3) is 0 Å². The second-order valence-corrected chi connectivity index (χ2v) is 9.73. The molecule has 8 atom stereocenters. The fourth-order valence-electron chi connectivity index (χ4n) is 7.22. The molecule has 24 heavy (non-hydrogen) atoms. The minimum atomic E-state index is -0.345. The summed E-state index contributed by atoms with van der Waals surface area (Å²) in [6.45, 7) is 10.7. The molecule has 0 spiro atoms. The van der Waals surface area contributed by atoms with Gasteiger partial charge in [-0.25, -0.2) is 0 Å². The Balaban J connectivity index is 1.77. The zero-order chi connectivity index (χ0) is 17.5. The fourth-order valence-corrected chi connectivity index (χ4v) is 7.22. The molecule has 0 aromatic carbocycles. The minimum absolute atomic E-state index is 0.158. The molecule has 3 rings (SSSR count). The normalized spacial score (nSPS) is 47.5. The van der Waals surface area contributed by atoms with Crippen molar-refractivity contribution in [1.82, 2.24) is 0 Å². The molecule has 0 heterocycles. The van der Waals surface area contributed by atoms with Crippen molar-refractivity contribution >= 4 is 0 Å². The Bertz CT molecular complexity index is 459. The minimum Gasteiger partial charge on any atom is -0.393 e. The summed E-state index contributed by atoms with van der Waals surface area (Å²) in [5.74, 6) is 2.96. The lowest BCUT2D eigenvalue weighted by atomic mass is 9.48. The lowest BCUT2D eigenvalue weighted by Gasteiger charge is -2.57. The summed E-state index contributed by atoms with van der Waals surface area (Å²) in [6.07, 6.45) is 12.4. The molecule has 3 aliphatic carbocycles. The average molecular weight is 335 g/mol. The predicted molar refractivity (Wildman–Crippen MR) is 99.6 cm³/mol. The highest BCUT2D eigenvalue weighted by molar-refractivity contribution is 5.07. The highest BCUT2D eigenvalue weighted by Crippen LogP contribution is 2.65. The van der Waals surface area contributed by atoms with Crippen LogP contribution in [-0.2, 0) is 0 Å². The van der Waals surface area contributed by atoms with Gasteiger partial charge in [0.05, 0.1) is 12.2 Å². The topological polar surface area (TPSA) is 40.5 Å². The molecule has 0 aromatic rings. The standard InChI is InChI=1S/C22H38O2/c1-5-16(24)10-13-21(3)12-6-7-17-19(21)11-14-22(4)18(15(2)23)8-9-20(17)22/h5,15-20,23-24H,1,6-14H2,2-4H3. The molecule has 0 amide bonds. The van der Waals surface area contributed by atoms with Crippen LogP contribution in [0.2, 0.25) is 0 Å². The van der Waals surface area contributed by atoms with E-state index in [2.05, 4.69) is 20.4 Å². The molecular weight excluding hydrogens is 296 g/mol. The maximum Gasteiger partial charge on any atom is 0.0718 e. The SMILES string of the molecule is C=CC(O)CCC1(C)CCCC2C1CCC1(C)C(C(C)O)CCC21. The van der Waals surface area contributed by atoms with E-state index in [9.17, 15) is 10.2 Å². The molecule has 8 unspecified atom stereocenters. The Morgan fingerprint density at radius 1 is 1.08 bits per heavy atom. The van der Waals surface area contributed by atoms with E-state index in [0.717, 1.165) is 30.6 Å². The van der Waals surface area contributed by atoms with Crippen LogP contribution in [0.1, 0.15) is 78.6 Å². The quantitative estimate of drug-likeness (QED) is 0.699. The van der Waals surface area contributed by atoms with Crippen molar-refractivity contribution in [1.29, 1.82) is 0 Å². The third kappa shape index (κ3) is 2.98. The van der Waals surface area contributed by atoms with Gasteiger partial charge in [-0.3, -0.25) is 0 Å². The molecule has 3 saturated carbocycles. The maximum atomic E-state index is 10.3. The van der Waals surface area contributed by atoms with E-state index >= 15 is 0 Å². The van der Waals surface area contributed by atoms with Crippen LogP contribution in [-0.4, -0.2) is 22.4 Å². The smallest absolute Gasteiger partial charge is 0.0718 e. The van der Waals surface area contributed by atoms with Gasteiger partial charge in [-0.2, -0.15) is 0 Å². The summed E-state index contributed by atoms with van der Waals surface area (Å²) in [5.41, 5.74) is 0.741. The van der Waals surface area contributed by atoms with Gasteiger partial charge in [0.15, 0.2) is 0 Å². The zero-order valence-corrected chi connectivity index (χ0v) is 16.0. The van der Waals surface area contributed by atoms with Gasteiger partial charge < -0.3 is 10.2 Å². The molecule has 2 nitrogen and oxygen atoms in total. The van der Waals surface area contributed by atoms with Crippen LogP contribution in [0.3, 0.4) is 0 Å². The number of aliphatic hydroxyl groups is 2. The van der Waals surface area contributed by atoms with E-state index in [1.165, 1.54) is 44.9 Å². The summed E-state index contributed by atoms with van der Waals surface area (Å²) >= 11 is 0. The molecular formula is C22H38O2. The van der Waals surface area contributed by atoms with Gasteiger partial charge in [-0.05, 0) is 92.8 Å². The number of rotatable bonds is 5. The van der Waals surface area contributed by atoms with Gasteiger partial charge in [-0.1, -0.05) is 26.3 Å². The van der Waals surface area contributed by atoms with Crippen LogP contribution in [0.5, 0.6) is 0 Å². The number of aliphatic hydroxyl groups excluding tert-OH is 2. The summed E-state index contributed by atoms with van der Waals surface area (Å²) < 4.78 is 0. The monoisotopic (exact) mass is 334 g/mol. The first-order valence-corrected chi connectivity index (χ1v) is 10.3. The Hall–Kier alpha value is -0.340. The molecule has 138 valence electrons. The fraction of sp³-hybridized carbons (Fsp3) is 0.909. The van der Waals surface area contributed by atoms with E-state index in [1.54, 1.807) is 6.08 Å². The third-order valence-electron chi connectivity index (χ3n) is 8.56. The summed E-state index contributed by atoms with van der Waals surface area (Å²) in [5, 5.41) is 20.2. The van der Waals surface area contributed by atoms with E-state index in [0.29, 0.717) is 16.7 Å². The van der Waals surface area contributed by atoms with Crippen molar-refractivity contribution in [3.8, 4) is 0 Å². The number of fused-ring (bicyclic) bond motifs is 3. The second-order valence-electron chi connectivity index (χ2n) is 9.73. The van der Waals surface area contributed by atoms with Crippen molar-refractivity contribution in [3.05, 3.63) is 12.7 Å². The first kappa shape index (κ1) is 18.5. The molecule has 2 N–H and O–H groups in total. The van der Waals surface area contributed by atoms with Gasteiger partial charge in [0.25, 0.3) is 0 Å². The van der Waals surface area contributed by atoms with Gasteiger partial charge in [0.2, 0.25) is 0 Å². The molecule has 3 aliphatic rings. The molecule has 0 aromatic heterocycles. The van der Waals surface area contributed by atoms with Crippen LogP contribution in [0.4, 0.5) is 0 Å². The summed E-state index contributed by atoms with van der Waals surface area (Å²) in [6, 6.07) is 0. The number of hydrogen-bond acceptors (Lipinski definition) is 2. The summed E-state index contributed by atoms with van der Waals surface area (Å²) in [7, 11) is 0. The van der Waals surface area contributed by atoms with Crippen LogP contribution >= 0.6 is 0 Å². The van der Waals surface area contributed by atoms with Crippen LogP contribution < -0.4 is 0 Å². The molecule has 0 bridgehead atoms. The van der Waals surface area contributed by atoms with E-state index < -0.39 is 0 Å². The van der Waals surface area contributed by atoms with Gasteiger partial charge in [0, 0.05) is 0 Å². The van der Waals surface area contributed by atoms with Gasteiger partial charge >= 0.3 is 0 Å². The second kappa shape index (κ2) is 6.76. The maximum absolute atomic E-state index is 10.3. The predicted octanol–water partition coefficient (Wildman–Crippen LogP) is 4.94. The van der Waals surface area contributed by atoms with E-state index in [-0.39, 0.29) is 12.2 Å². The lowest BCUT2D eigenvalue weighted by Crippen LogP contribution is -2.49. The Morgan fingerprint density at radius 3 is 2.50 bits per heavy atom. The third-order valence-corrected chi connectivity index (χ3v) is 8.56. The zero-order valence-electron chi connectivity index (χ0n) is 16.0. The molecule has 0 radical (unpaired) electrons. The Labute approximate surface area is 148 Å². The molecule has 3 fully saturated rings. The molecule has 2 heteroatoms. The van der Waals surface area contributed by atoms with E-state index in [1.807, 2.05) is 6.92 Å². The van der Waals surface area contributed by atoms with Gasteiger partial charge in [0.1, 0.15) is 0 Å². The first-order valence-electron chi connectivity index (χ1n) is 10.3. The van der Waals surface area contributed by atoms with Crippen molar-refractivity contribution in [2.75, 3.05) is 0 Å². The van der Waals surface area contributed by atoms with Crippen molar-refractivity contribution in [3.63, 3.8) is 0 Å². The molecule has 0 saturated heterocycles. The van der Waals surface area contributed by atoms with Crippen molar-refractivity contribution in [2.24, 2.45) is 34.5 Å². The van der Waals surface area contributed by atoms with Gasteiger partial charge in [-0.15, -0.1) is 6.58 Å². The Kier molecular flexibility index (Phi) is 5.20. The largest absolute Gasteiger partial charge is 0.393 e. The van der Waals surface area contributed by atoms with Crippen LogP contribution in [0.15, 0.2) is 12.7 Å². The first-order chi connectivity index (χ1) is 11.3.